The summed E-state index contributed by atoms with van der Waals surface area (Å²) in [6, 6.07) is -0.970. The molecule has 1 rings (SSSR count). The Morgan fingerprint density at radius 3 is 2.48 bits per heavy atom. The molecule has 0 bridgehead atoms. The Hall–Kier alpha value is -3.09. The molecule has 0 atom stereocenters. The van der Waals surface area contributed by atoms with Gasteiger partial charge in [0.05, 0.1) is 24.2 Å². The summed E-state index contributed by atoms with van der Waals surface area (Å²) < 4.78 is 49.2. The molecule has 0 aliphatic carbocycles. The van der Waals surface area contributed by atoms with Crippen molar-refractivity contribution in [1.29, 1.82) is 0 Å². The van der Waals surface area contributed by atoms with Crippen LogP contribution in [0.1, 0.15) is 22.8 Å². The lowest BCUT2D eigenvalue weighted by molar-refractivity contribution is -0.386. The summed E-state index contributed by atoms with van der Waals surface area (Å²) >= 11 is 0. The van der Waals surface area contributed by atoms with Crippen LogP contribution in [-0.4, -0.2) is 48.8 Å². The Labute approximate surface area is 150 Å². The number of nitro benzene ring substituents is 1. The number of methoxy groups -OCH3 is 1. The summed E-state index contributed by atoms with van der Waals surface area (Å²) in [5, 5.41) is 24.6. The maximum absolute atomic E-state index is 13.3. The number of ether oxygens (including phenoxy) is 2. The van der Waals surface area contributed by atoms with E-state index in [9.17, 15) is 38.0 Å². The minimum atomic E-state index is -5.20. The third-order valence-corrected chi connectivity index (χ3v) is 3.14. The zero-order valence-electron chi connectivity index (χ0n) is 14.2. The van der Waals surface area contributed by atoms with E-state index in [1.807, 2.05) is 0 Å². The Bertz CT molecular complexity index is 738. The SMILES string of the molecule is CCOCCNC(=O)NC(=O)c1c(C(F)(F)F)cc(OC)c(O)c1[N+](=O)[O-]. The molecule has 0 heterocycles. The van der Waals surface area contributed by atoms with E-state index in [-0.39, 0.29) is 19.2 Å². The summed E-state index contributed by atoms with van der Waals surface area (Å²) in [4.78, 5) is 33.5. The lowest BCUT2D eigenvalue weighted by Crippen LogP contribution is -2.41. The number of rotatable bonds is 7. The Morgan fingerprint density at radius 1 is 1.37 bits per heavy atom. The highest BCUT2D eigenvalue weighted by Gasteiger charge is 2.43. The zero-order valence-corrected chi connectivity index (χ0v) is 14.2. The van der Waals surface area contributed by atoms with Crippen LogP contribution in [0.2, 0.25) is 0 Å². The highest BCUT2D eigenvalue weighted by atomic mass is 19.4. The average Bonchev–Trinajstić information content (AvgIpc) is 2.56. The molecule has 150 valence electrons. The van der Waals surface area contributed by atoms with Crippen molar-refractivity contribution < 1.29 is 42.3 Å². The minimum Gasteiger partial charge on any atom is -0.499 e. The number of nitrogens with zero attached hydrogens (tertiary/aromatic N) is 1. The fraction of sp³-hybridized carbons (Fsp3) is 0.429. The molecule has 0 unspecified atom stereocenters. The lowest BCUT2D eigenvalue weighted by atomic mass is 10.0. The van der Waals surface area contributed by atoms with Crippen molar-refractivity contribution in [3.63, 3.8) is 0 Å². The highest BCUT2D eigenvalue weighted by Crippen LogP contribution is 2.45. The predicted octanol–water partition coefficient (Wildman–Crippen LogP) is 1.80. The molecule has 1 aromatic carbocycles. The molecule has 0 aliphatic heterocycles. The van der Waals surface area contributed by atoms with Gasteiger partial charge in [0.1, 0.15) is 5.56 Å². The first-order valence-electron chi connectivity index (χ1n) is 7.37. The summed E-state index contributed by atoms with van der Waals surface area (Å²) in [6.07, 6.45) is -5.20. The molecule has 3 N–H and O–H groups in total. The number of hydrogen-bond acceptors (Lipinski definition) is 7. The van der Waals surface area contributed by atoms with Crippen molar-refractivity contribution in [2.45, 2.75) is 13.1 Å². The van der Waals surface area contributed by atoms with Crippen molar-refractivity contribution in [2.24, 2.45) is 0 Å². The Balaban J connectivity index is 3.31. The number of amides is 3. The second-order valence-electron chi connectivity index (χ2n) is 4.86. The van der Waals surface area contributed by atoms with E-state index in [0.29, 0.717) is 6.61 Å². The molecule has 3 amide bonds. The molecule has 1 aromatic rings. The van der Waals surface area contributed by atoms with E-state index >= 15 is 0 Å². The largest absolute Gasteiger partial charge is 0.499 e. The normalized spacial score (nSPS) is 11.0. The van der Waals surface area contributed by atoms with E-state index in [4.69, 9.17) is 4.74 Å². The van der Waals surface area contributed by atoms with Gasteiger partial charge in [0.2, 0.25) is 5.75 Å². The summed E-state index contributed by atoms with van der Waals surface area (Å²) in [7, 11) is 0.879. The van der Waals surface area contributed by atoms with E-state index < -0.39 is 51.4 Å². The van der Waals surface area contributed by atoms with Crippen molar-refractivity contribution in [3.05, 3.63) is 27.3 Å². The standard InChI is InChI=1S/C14H16F3N3O7/c1-3-27-5-4-18-13(23)19-12(22)9-7(14(15,16)17)6-8(26-2)11(21)10(9)20(24)25/h6,21H,3-5H2,1-2H3,(H2,18,19,22,23). The molecule has 0 aliphatic rings. The fourth-order valence-corrected chi connectivity index (χ4v) is 2.01. The van der Waals surface area contributed by atoms with Crippen LogP contribution >= 0.6 is 0 Å². The van der Waals surface area contributed by atoms with Crippen LogP contribution in [0.25, 0.3) is 0 Å². The van der Waals surface area contributed by atoms with Gasteiger partial charge in [-0.25, -0.2) is 4.79 Å². The highest BCUT2D eigenvalue weighted by molar-refractivity contribution is 6.08. The lowest BCUT2D eigenvalue weighted by Gasteiger charge is -2.15. The number of alkyl halides is 3. The Morgan fingerprint density at radius 2 is 2.00 bits per heavy atom. The van der Waals surface area contributed by atoms with Crippen LogP contribution in [0.4, 0.5) is 23.7 Å². The van der Waals surface area contributed by atoms with Crippen molar-refractivity contribution in [2.75, 3.05) is 26.9 Å². The van der Waals surface area contributed by atoms with E-state index in [1.54, 1.807) is 12.2 Å². The fourth-order valence-electron chi connectivity index (χ4n) is 2.01. The molecular weight excluding hydrogens is 379 g/mol. The number of aromatic hydroxyl groups is 1. The average molecular weight is 395 g/mol. The number of hydrogen-bond donors (Lipinski definition) is 3. The first-order valence-corrected chi connectivity index (χ1v) is 7.37. The van der Waals surface area contributed by atoms with E-state index in [2.05, 4.69) is 10.1 Å². The number of imide groups is 1. The summed E-state index contributed by atoms with van der Waals surface area (Å²) in [5.41, 5.74) is -4.81. The molecule has 13 heteroatoms. The third-order valence-electron chi connectivity index (χ3n) is 3.14. The number of phenols is 1. The topological polar surface area (TPSA) is 140 Å². The number of phenolic OH excluding ortho intramolecular Hbond substituents is 1. The molecule has 0 saturated heterocycles. The molecular formula is C14H16F3N3O7. The van der Waals surface area contributed by atoms with Crippen molar-refractivity contribution in [1.82, 2.24) is 10.6 Å². The van der Waals surface area contributed by atoms with Crippen LogP contribution in [0.3, 0.4) is 0 Å². The molecule has 27 heavy (non-hydrogen) atoms. The number of benzene rings is 1. The first-order chi connectivity index (χ1) is 12.5. The summed E-state index contributed by atoms with van der Waals surface area (Å²) in [5.74, 6) is -3.86. The van der Waals surface area contributed by atoms with Crippen molar-refractivity contribution >= 4 is 17.6 Å². The van der Waals surface area contributed by atoms with Gasteiger partial charge >= 0.3 is 17.9 Å². The monoisotopic (exact) mass is 395 g/mol. The maximum Gasteiger partial charge on any atom is 0.417 e. The van der Waals surface area contributed by atoms with Gasteiger partial charge in [-0.1, -0.05) is 0 Å². The van der Waals surface area contributed by atoms with Gasteiger partial charge in [0, 0.05) is 13.2 Å². The van der Waals surface area contributed by atoms with Crippen LogP contribution in [0, 0.1) is 10.1 Å². The number of nitro groups is 1. The number of nitrogens with one attached hydrogen (secondary N) is 2. The number of urea groups is 1. The first kappa shape index (κ1) is 22.0. The van der Waals surface area contributed by atoms with Crippen LogP contribution in [0.5, 0.6) is 11.5 Å². The molecule has 10 nitrogen and oxygen atoms in total. The van der Waals surface area contributed by atoms with Crippen LogP contribution < -0.4 is 15.4 Å². The smallest absolute Gasteiger partial charge is 0.417 e. The second-order valence-corrected chi connectivity index (χ2v) is 4.86. The second kappa shape index (κ2) is 9.02. The van der Waals surface area contributed by atoms with E-state index in [1.165, 1.54) is 0 Å². The van der Waals surface area contributed by atoms with Gasteiger partial charge in [-0.15, -0.1) is 0 Å². The molecule has 0 saturated carbocycles. The third kappa shape index (κ3) is 5.44. The van der Waals surface area contributed by atoms with Crippen LogP contribution in [0.15, 0.2) is 6.07 Å². The van der Waals surface area contributed by atoms with Gasteiger partial charge in [0.25, 0.3) is 5.91 Å². The van der Waals surface area contributed by atoms with Gasteiger partial charge < -0.3 is 19.9 Å². The van der Waals surface area contributed by atoms with Gasteiger partial charge in [-0.2, -0.15) is 13.2 Å². The predicted molar refractivity (Wildman–Crippen MR) is 83.7 cm³/mol. The van der Waals surface area contributed by atoms with Crippen molar-refractivity contribution in [3.8, 4) is 11.5 Å². The quantitative estimate of drug-likeness (QED) is 0.363. The van der Waals surface area contributed by atoms with Crippen LogP contribution in [-0.2, 0) is 10.9 Å². The molecule has 0 spiro atoms. The van der Waals surface area contributed by atoms with Gasteiger partial charge in [-0.3, -0.25) is 20.2 Å². The number of carbonyl (C=O) groups excluding carboxylic acids is 2. The summed E-state index contributed by atoms with van der Waals surface area (Å²) in [6.45, 7) is 2.07. The molecule has 0 aromatic heterocycles. The number of halogens is 3. The van der Waals surface area contributed by atoms with Gasteiger partial charge in [-0.05, 0) is 13.0 Å². The Kier molecular flexibility index (Phi) is 7.34. The minimum absolute atomic E-state index is 0.0605. The zero-order chi connectivity index (χ0) is 20.8. The molecule has 0 fully saturated rings. The number of carbonyl (C=O) groups is 2. The maximum atomic E-state index is 13.3. The van der Waals surface area contributed by atoms with Gasteiger partial charge in [0.15, 0.2) is 5.75 Å². The molecule has 0 radical (unpaired) electrons. The van der Waals surface area contributed by atoms with E-state index in [0.717, 1.165) is 7.11 Å².